The van der Waals surface area contributed by atoms with E-state index in [1.807, 2.05) is 18.2 Å². The average molecular weight is 519 g/mol. The summed E-state index contributed by atoms with van der Waals surface area (Å²) in [5, 5.41) is 3.94. The molecule has 3 rings (SSSR count). The number of carbonyl (C=O) groups is 1. The summed E-state index contributed by atoms with van der Waals surface area (Å²) in [5.74, 6) is 1.85. The van der Waals surface area contributed by atoms with E-state index in [0.29, 0.717) is 50.1 Å². The van der Waals surface area contributed by atoms with Crippen LogP contribution in [0.3, 0.4) is 0 Å². The molecule has 0 aliphatic carbocycles. The zero-order chi connectivity index (χ0) is 19.1. The summed E-state index contributed by atoms with van der Waals surface area (Å²) in [6.07, 6.45) is 1.51. The zero-order valence-electron chi connectivity index (χ0n) is 15.6. The third kappa shape index (κ3) is 6.03. The molecule has 0 unspecified atom stereocenters. The van der Waals surface area contributed by atoms with Crippen LogP contribution >= 0.6 is 35.6 Å². The van der Waals surface area contributed by atoms with Gasteiger partial charge in [0, 0.05) is 38.2 Å². The van der Waals surface area contributed by atoms with Crippen molar-refractivity contribution >= 4 is 47.4 Å². The number of hydrogen-bond donors (Lipinski definition) is 1. The Bertz CT molecular complexity index is 777. The molecular formula is C19H24ClIN4O3. The van der Waals surface area contributed by atoms with Gasteiger partial charge < -0.3 is 24.3 Å². The molecule has 28 heavy (non-hydrogen) atoms. The number of ether oxygens (including phenoxy) is 1. The Morgan fingerprint density at radius 2 is 1.96 bits per heavy atom. The lowest BCUT2D eigenvalue weighted by Gasteiger charge is -2.36. The standard InChI is InChI=1S/C19H23ClN4O3.HI/c1-21-19(22-7-13-26-16-5-2-4-15(20)14-16)24-10-8-23(9-11-24)18(25)17-6-3-12-27-17;/h2-6,12,14H,7-11,13H2,1H3,(H,21,22);1H. The normalized spacial score (nSPS) is 14.4. The Morgan fingerprint density at radius 1 is 1.21 bits per heavy atom. The topological polar surface area (TPSA) is 70.3 Å². The first-order valence-electron chi connectivity index (χ1n) is 8.84. The van der Waals surface area contributed by atoms with Crippen LogP contribution in [0, 0.1) is 0 Å². The number of piperazine rings is 1. The van der Waals surface area contributed by atoms with Gasteiger partial charge in [0.25, 0.3) is 5.91 Å². The van der Waals surface area contributed by atoms with Gasteiger partial charge >= 0.3 is 0 Å². The molecule has 0 spiro atoms. The Balaban J connectivity index is 0.00000280. The van der Waals surface area contributed by atoms with Crippen LogP contribution in [-0.2, 0) is 0 Å². The van der Waals surface area contributed by atoms with Crippen molar-refractivity contribution in [3.8, 4) is 5.75 Å². The summed E-state index contributed by atoms with van der Waals surface area (Å²) < 4.78 is 10.9. The van der Waals surface area contributed by atoms with Crippen molar-refractivity contribution in [3.63, 3.8) is 0 Å². The van der Waals surface area contributed by atoms with Crippen LogP contribution < -0.4 is 10.1 Å². The minimum atomic E-state index is -0.0717. The molecular weight excluding hydrogens is 495 g/mol. The summed E-state index contributed by atoms with van der Waals surface area (Å²) in [6, 6.07) is 10.7. The van der Waals surface area contributed by atoms with Crippen LogP contribution in [0.2, 0.25) is 5.02 Å². The fraction of sp³-hybridized carbons (Fsp3) is 0.368. The van der Waals surface area contributed by atoms with Crippen molar-refractivity contribution in [3.05, 3.63) is 53.4 Å². The largest absolute Gasteiger partial charge is 0.492 e. The lowest BCUT2D eigenvalue weighted by atomic mass is 10.3. The van der Waals surface area contributed by atoms with E-state index >= 15 is 0 Å². The summed E-state index contributed by atoms with van der Waals surface area (Å²) in [5.41, 5.74) is 0. The van der Waals surface area contributed by atoms with Gasteiger partial charge in [-0.05, 0) is 30.3 Å². The molecule has 1 fully saturated rings. The van der Waals surface area contributed by atoms with Crippen molar-refractivity contribution < 1.29 is 13.9 Å². The van der Waals surface area contributed by atoms with Gasteiger partial charge in [-0.1, -0.05) is 17.7 Å². The summed E-state index contributed by atoms with van der Waals surface area (Å²) >= 11 is 5.94. The second-order valence-corrected chi connectivity index (χ2v) is 6.47. The number of amides is 1. The molecule has 0 saturated carbocycles. The minimum absolute atomic E-state index is 0. The number of benzene rings is 1. The number of hydrogen-bond acceptors (Lipinski definition) is 4. The minimum Gasteiger partial charge on any atom is -0.492 e. The van der Waals surface area contributed by atoms with Gasteiger partial charge in [-0.15, -0.1) is 24.0 Å². The summed E-state index contributed by atoms with van der Waals surface area (Å²) in [4.78, 5) is 20.6. The number of rotatable bonds is 5. The van der Waals surface area contributed by atoms with Crippen molar-refractivity contribution in [2.24, 2.45) is 4.99 Å². The number of guanidine groups is 1. The number of halogens is 2. The molecule has 1 aromatic heterocycles. The molecule has 1 saturated heterocycles. The number of carbonyl (C=O) groups excluding carboxylic acids is 1. The average Bonchev–Trinajstić information content (AvgIpc) is 3.23. The highest BCUT2D eigenvalue weighted by atomic mass is 127. The van der Waals surface area contributed by atoms with E-state index in [1.54, 1.807) is 30.1 Å². The van der Waals surface area contributed by atoms with E-state index in [9.17, 15) is 4.79 Å². The van der Waals surface area contributed by atoms with Crippen molar-refractivity contribution in [1.82, 2.24) is 15.1 Å². The highest BCUT2D eigenvalue weighted by molar-refractivity contribution is 14.0. The van der Waals surface area contributed by atoms with Gasteiger partial charge in [-0.25, -0.2) is 0 Å². The summed E-state index contributed by atoms with van der Waals surface area (Å²) in [6.45, 7) is 3.78. The highest BCUT2D eigenvalue weighted by Crippen LogP contribution is 2.16. The fourth-order valence-corrected chi connectivity index (χ4v) is 3.08. The highest BCUT2D eigenvalue weighted by Gasteiger charge is 2.24. The number of nitrogens with zero attached hydrogens (tertiary/aromatic N) is 3. The number of furan rings is 1. The van der Waals surface area contributed by atoms with Crippen LogP contribution in [0.1, 0.15) is 10.6 Å². The molecule has 0 radical (unpaired) electrons. The van der Waals surface area contributed by atoms with Crippen molar-refractivity contribution in [2.45, 2.75) is 0 Å². The van der Waals surface area contributed by atoms with E-state index in [-0.39, 0.29) is 29.9 Å². The maximum atomic E-state index is 12.3. The molecule has 7 nitrogen and oxygen atoms in total. The van der Waals surface area contributed by atoms with Gasteiger partial charge in [0.05, 0.1) is 12.8 Å². The fourth-order valence-electron chi connectivity index (χ4n) is 2.90. The van der Waals surface area contributed by atoms with Gasteiger partial charge in [0.2, 0.25) is 0 Å². The van der Waals surface area contributed by atoms with Gasteiger partial charge in [-0.2, -0.15) is 0 Å². The van der Waals surface area contributed by atoms with Crippen molar-refractivity contribution in [2.75, 3.05) is 46.4 Å². The predicted octanol–water partition coefficient (Wildman–Crippen LogP) is 2.96. The molecule has 0 atom stereocenters. The van der Waals surface area contributed by atoms with Gasteiger partial charge in [-0.3, -0.25) is 9.79 Å². The molecule has 9 heteroatoms. The summed E-state index contributed by atoms with van der Waals surface area (Å²) in [7, 11) is 1.75. The van der Waals surface area contributed by atoms with E-state index in [2.05, 4.69) is 15.2 Å². The Kier molecular flexibility index (Phi) is 8.91. The molecule has 1 aliphatic heterocycles. The Labute approximate surface area is 186 Å². The molecule has 152 valence electrons. The quantitative estimate of drug-likeness (QED) is 0.285. The van der Waals surface area contributed by atoms with Crippen LogP contribution in [0.4, 0.5) is 0 Å². The van der Waals surface area contributed by atoms with Crippen LogP contribution in [0.5, 0.6) is 5.75 Å². The van der Waals surface area contributed by atoms with E-state index in [4.69, 9.17) is 20.8 Å². The Morgan fingerprint density at radius 3 is 2.61 bits per heavy atom. The molecule has 1 aliphatic rings. The van der Waals surface area contributed by atoms with E-state index in [1.165, 1.54) is 6.26 Å². The van der Waals surface area contributed by atoms with E-state index in [0.717, 1.165) is 11.7 Å². The Hall–Kier alpha value is -1.94. The zero-order valence-corrected chi connectivity index (χ0v) is 18.7. The van der Waals surface area contributed by atoms with Gasteiger partial charge in [0.1, 0.15) is 12.4 Å². The first kappa shape index (κ1) is 22.4. The maximum Gasteiger partial charge on any atom is 0.289 e. The van der Waals surface area contributed by atoms with Crippen LogP contribution in [0.15, 0.2) is 52.1 Å². The molecule has 1 amide bonds. The first-order chi connectivity index (χ1) is 13.2. The predicted molar refractivity (Wildman–Crippen MR) is 120 cm³/mol. The lowest BCUT2D eigenvalue weighted by molar-refractivity contribution is 0.0657. The molecule has 1 aromatic carbocycles. The first-order valence-corrected chi connectivity index (χ1v) is 9.22. The van der Waals surface area contributed by atoms with Crippen LogP contribution in [0.25, 0.3) is 0 Å². The van der Waals surface area contributed by atoms with Crippen LogP contribution in [-0.4, -0.2) is 68.0 Å². The van der Waals surface area contributed by atoms with E-state index < -0.39 is 0 Å². The molecule has 2 aromatic rings. The number of aliphatic imine (C=N–C) groups is 1. The molecule has 0 bridgehead atoms. The monoisotopic (exact) mass is 518 g/mol. The smallest absolute Gasteiger partial charge is 0.289 e. The maximum absolute atomic E-state index is 12.3. The SMILES string of the molecule is CN=C(NCCOc1cccc(Cl)c1)N1CCN(C(=O)c2ccco2)CC1.I. The molecule has 2 heterocycles. The molecule has 1 N–H and O–H groups in total. The number of nitrogens with one attached hydrogen (secondary N) is 1. The second kappa shape index (κ2) is 11.2. The third-order valence-corrected chi connectivity index (χ3v) is 4.50. The van der Waals surface area contributed by atoms with Crippen molar-refractivity contribution in [1.29, 1.82) is 0 Å². The van der Waals surface area contributed by atoms with Gasteiger partial charge in [0.15, 0.2) is 11.7 Å². The third-order valence-electron chi connectivity index (χ3n) is 4.26. The second-order valence-electron chi connectivity index (χ2n) is 6.04. The lowest BCUT2D eigenvalue weighted by Crippen LogP contribution is -2.54.